The fourth-order valence-electron chi connectivity index (χ4n) is 1.85. The van der Waals surface area contributed by atoms with Gasteiger partial charge in [0, 0.05) is 6.04 Å². The van der Waals surface area contributed by atoms with E-state index in [1.165, 1.54) is 0 Å². The molecular weight excluding hydrogens is 276 g/mol. The van der Waals surface area contributed by atoms with Gasteiger partial charge in [-0.3, -0.25) is 9.36 Å². The zero-order valence-electron chi connectivity index (χ0n) is 11.2. The van der Waals surface area contributed by atoms with Crippen LogP contribution in [0.5, 0.6) is 0 Å². The Bertz CT molecular complexity index is 598. The molecule has 2 rings (SSSR count). The quantitative estimate of drug-likeness (QED) is 0.822. The SMILES string of the molecule is CC(C)n1c(N)nnc1SC(C(=O)O)c1ccccc1. The van der Waals surface area contributed by atoms with Crippen LogP contribution in [0.2, 0.25) is 0 Å². The summed E-state index contributed by atoms with van der Waals surface area (Å²) in [5.74, 6) is -0.627. The minimum atomic E-state index is -0.918. The molecule has 20 heavy (non-hydrogen) atoms. The molecule has 3 N–H and O–H groups in total. The number of aromatic nitrogens is 3. The Morgan fingerprint density at radius 3 is 2.50 bits per heavy atom. The number of thioether (sulfide) groups is 1. The van der Waals surface area contributed by atoms with Crippen LogP contribution in [0.25, 0.3) is 0 Å². The topological polar surface area (TPSA) is 94.0 Å². The number of nitrogens with two attached hydrogens (primary N) is 1. The molecule has 0 spiro atoms. The van der Waals surface area contributed by atoms with Gasteiger partial charge in [-0.05, 0) is 19.4 Å². The van der Waals surface area contributed by atoms with Gasteiger partial charge in [-0.1, -0.05) is 42.1 Å². The Kier molecular flexibility index (Phi) is 4.29. The summed E-state index contributed by atoms with van der Waals surface area (Å²) in [6.07, 6.45) is 0. The summed E-state index contributed by atoms with van der Waals surface area (Å²) < 4.78 is 1.73. The molecule has 0 radical (unpaired) electrons. The molecule has 1 unspecified atom stereocenters. The maximum absolute atomic E-state index is 11.5. The number of carbonyl (C=O) groups is 1. The summed E-state index contributed by atoms with van der Waals surface area (Å²) in [6, 6.07) is 9.11. The molecule has 0 aliphatic heterocycles. The molecule has 7 heteroatoms. The molecule has 0 aliphatic rings. The number of hydrogen-bond donors (Lipinski definition) is 2. The van der Waals surface area contributed by atoms with Gasteiger partial charge in [0.25, 0.3) is 0 Å². The van der Waals surface area contributed by atoms with Gasteiger partial charge in [-0.15, -0.1) is 10.2 Å². The highest BCUT2D eigenvalue weighted by Gasteiger charge is 2.25. The minimum Gasteiger partial charge on any atom is -0.480 e. The van der Waals surface area contributed by atoms with Crippen molar-refractivity contribution in [2.24, 2.45) is 0 Å². The Hall–Kier alpha value is -2.02. The monoisotopic (exact) mass is 292 g/mol. The van der Waals surface area contributed by atoms with E-state index in [4.69, 9.17) is 5.73 Å². The van der Waals surface area contributed by atoms with E-state index < -0.39 is 11.2 Å². The van der Waals surface area contributed by atoms with Crippen molar-refractivity contribution in [1.29, 1.82) is 0 Å². The van der Waals surface area contributed by atoms with Crippen molar-refractivity contribution in [3.05, 3.63) is 35.9 Å². The molecule has 1 heterocycles. The van der Waals surface area contributed by atoms with E-state index in [0.29, 0.717) is 16.7 Å². The van der Waals surface area contributed by atoms with Crippen LogP contribution in [-0.2, 0) is 4.79 Å². The molecule has 0 bridgehead atoms. The first-order valence-corrected chi connectivity index (χ1v) is 7.03. The van der Waals surface area contributed by atoms with Crippen LogP contribution in [0.4, 0.5) is 5.95 Å². The predicted molar refractivity (Wildman–Crippen MR) is 77.5 cm³/mol. The smallest absolute Gasteiger partial charge is 0.321 e. The predicted octanol–water partition coefficient (Wildman–Crippen LogP) is 2.36. The van der Waals surface area contributed by atoms with Crippen LogP contribution in [0, 0.1) is 0 Å². The van der Waals surface area contributed by atoms with Gasteiger partial charge in [0.2, 0.25) is 5.95 Å². The van der Waals surface area contributed by atoms with Gasteiger partial charge in [0.15, 0.2) is 5.16 Å². The highest BCUT2D eigenvalue weighted by molar-refractivity contribution is 8.00. The number of anilines is 1. The van der Waals surface area contributed by atoms with Crippen LogP contribution in [0.15, 0.2) is 35.5 Å². The van der Waals surface area contributed by atoms with Crippen LogP contribution in [-0.4, -0.2) is 25.8 Å². The Morgan fingerprint density at radius 2 is 1.95 bits per heavy atom. The Labute approximate surface area is 121 Å². The van der Waals surface area contributed by atoms with Crippen LogP contribution in [0.3, 0.4) is 0 Å². The molecule has 0 saturated heterocycles. The van der Waals surface area contributed by atoms with Crippen LogP contribution < -0.4 is 5.73 Å². The molecule has 6 nitrogen and oxygen atoms in total. The molecule has 1 atom stereocenters. The normalized spacial score (nSPS) is 12.6. The average Bonchev–Trinajstić information content (AvgIpc) is 2.77. The van der Waals surface area contributed by atoms with Gasteiger partial charge in [-0.25, -0.2) is 0 Å². The first-order valence-electron chi connectivity index (χ1n) is 6.15. The summed E-state index contributed by atoms with van der Waals surface area (Å²) in [6.45, 7) is 3.89. The van der Waals surface area contributed by atoms with E-state index in [1.807, 2.05) is 32.0 Å². The fraction of sp³-hybridized carbons (Fsp3) is 0.308. The Balaban J connectivity index is 2.33. The molecule has 0 aliphatic carbocycles. The van der Waals surface area contributed by atoms with Gasteiger partial charge in [-0.2, -0.15) is 0 Å². The second-order valence-electron chi connectivity index (χ2n) is 4.55. The maximum Gasteiger partial charge on any atom is 0.321 e. The number of carboxylic acids is 1. The summed E-state index contributed by atoms with van der Waals surface area (Å²) >= 11 is 1.14. The van der Waals surface area contributed by atoms with E-state index in [0.717, 1.165) is 11.8 Å². The number of nitrogens with zero attached hydrogens (tertiary/aromatic N) is 3. The van der Waals surface area contributed by atoms with Crippen molar-refractivity contribution in [2.45, 2.75) is 30.3 Å². The second-order valence-corrected chi connectivity index (χ2v) is 5.62. The van der Waals surface area contributed by atoms with Crippen molar-refractivity contribution in [2.75, 3.05) is 5.73 Å². The first-order chi connectivity index (χ1) is 9.50. The number of rotatable bonds is 5. The lowest BCUT2D eigenvalue weighted by atomic mass is 10.1. The average molecular weight is 292 g/mol. The number of nitrogen functional groups attached to an aromatic ring is 1. The van der Waals surface area contributed by atoms with E-state index >= 15 is 0 Å². The molecule has 0 fully saturated rings. The highest BCUT2D eigenvalue weighted by Crippen LogP contribution is 2.36. The molecule has 2 aromatic rings. The number of carboxylic acid groups (broad SMARTS) is 1. The van der Waals surface area contributed by atoms with E-state index in [2.05, 4.69) is 10.2 Å². The lowest BCUT2D eigenvalue weighted by Gasteiger charge is -2.15. The summed E-state index contributed by atoms with van der Waals surface area (Å²) in [4.78, 5) is 11.5. The fourth-order valence-corrected chi connectivity index (χ4v) is 2.96. The Morgan fingerprint density at radius 1 is 1.30 bits per heavy atom. The molecule has 1 aromatic carbocycles. The largest absolute Gasteiger partial charge is 0.480 e. The van der Waals surface area contributed by atoms with Gasteiger partial charge >= 0.3 is 5.97 Å². The first kappa shape index (κ1) is 14.4. The lowest BCUT2D eigenvalue weighted by Crippen LogP contribution is -2.11. The molecule has 0 saturated carbocycles. The standard InChI is InChI=1S/C13H16N4O2S/c1-8(2)17-12(14)15-16-13(17)20-10(11(18)19)9-6-4-3-5-7-9/h3-8,10H,1-2H3,(H2,14,15)(H,18,19). The van der Waals surface area contributed by atoms with E-state index in [1.54, 1.807) is 16.7 Å². The van der Waals surface area contributed by atoms with Crippen molar-refractivity contribution in [3.8, 4) is 0 Å². The molecule has 0 amide bonds. The van der Waals surface area contributed by atoms with Gasteiger partial charge in [0.05, 0.1) is 0 Å². The zero-order valence-corrected chi connectivity index (χ0v) is 12.0. The number of benzene rings is 1. The third-order valence-electron chi connectivity index (χ3n) is 2.76. The van der Waals surface area contributed by atoms with Crippen molar-refractivity contribution < 1.29 is 9.90 Å². The second kappa shape index (κ2) is 5.96. The maximum atomic E-state index is 11.5. The molecule has 106 valence electrons. The summed E-state index contributed by atoms with van der Waals surface area (Å²) in [5.41, 5.74) is 6.47. The number of aliphatic carboxylic acids is 1. The van der Waals surface area contributed by atoms with Crippen LogP contribution in [0.1, 0.15) is 30.7 Å². The number of hydrogen-bond acceptors (Lipinski definition) is 5. The lowest BCUT2D eigenvalue weighted by molar-refractivity contribution is -0.136. The molecule has 1 aromatic heterocycles. The highest BCUT2D eigenvalue weighted by atomic mass is 32.2. The zero-order chi connectivity index (χ0) is 14.7. The van der Waals surface area contributed by atoms with Crippen LogP contribution >= 0.6 is 11.8 Å². The van der Waals surface area contributed by atoms with Crippen molar-refractivity contribution in [3.63, 3.8) is 0 Å². The molecular formula is C13H16N4O2S. The van der Waals surface area contributed by atoms with Gasteiger partial charge < -0.3 is 10.8 Å². The summed E-state index contributed by atoms with van der Waals surface area (Å²) in [7, 11) is 0. The minimum absolute atomic E-state index is 0.0673. The van der Waals surface area contributed by atoms with Crippen molar-refractivity contribution in [1.82, 2.24) is 14.8 Å². The van der Waals surface area contributed by atoms with Gasteiger partial charge in [0.1, 0.15) is 5.25 Å². The third-order valence-corrected chi connectivity index (χ3v) is 3.96. The third kappa shape index (κ3) is 2.93. The summed E-state index contributed by atoms with van der Waals surface area (Å²) in [5, 5.41) is 17.0. The van der Waals surface area contributed by atoms with E-state index in [9.17, 15) is 9.90 Å². The van der Waals surface area contributed by atoms with E-state index in [-0.39, 0.29) is 6.04 Å². The van der Waals surface area contributed by atoms with Crippen molar-refractivity contribution >= 4 is 23.7 Å².